The Kier molecular flexibility index (Phi) is 4.97. The van der Waals surface area contributed by atoms with Gasteiger partial charge < -0.3 is 10.4 Å². The molecular weight excluding hydrogens is 320 g/mol. The Morgan fingerprint density at radius 2 is 1.84 bits per heavy atom. The van der Waals surface area contributed by atoms with Gasteiger partial charge in [0, 0.05) is 11.8 Å². The first kappa shape index (κ1) is 18.6. The molecule has 2 N–H and O–H groups in total. The van der Waals surface area contributed by atoms with E-state index in [0.29, 0.717) is 5.69 Å². The van der Waals surface area contributed by atoms with Gasteiger partial charge in [0.1, 0.15) is 5.69 Å². The van der Waals surface area contributed by atoms with Crippen LogP contribution in [-0.2, 0) is 5.54 Å². The lowest BCUT2D eigenvalue weighted by molar-refractivity contribution is 0.0694. The number of nitrogens with one attached hydrogen (secondary N) is 1. The van der Waals surface area contributed by atoms with E-state index in [0.717, 1.165) is 11.3 Å². The molecule has 0 bridgehead atoms. The fraction of sp³-hybridized carbons (Fsp3) is 0.444. The molecule has 2 aromatic heterocycles. The number of rotatable bonds is 4. The predicted molar refractivity (Wildman–Crippen MR) is 93.8 cm³/mol. The Hall–Kier alpha value is -2.70. The summed E-state index contributed by atoms with van der Waals surface area (Å²) in [6.45, 7) is 11.5. The average molecular weight is 344 g/mol. The van der Waals surface area contributed by atoms with Crippen LogP contribution in [0.5, 0.6) is 0 Å². The number of carboxylic acid groups (broad SMARTS) is 1. The summed E-state index contributed by atoms with van der Waals surface area (Å²) in [5.74, 6) is -1.41. The lowest BCUT2D eigenvalue weighted by Gasteiger charge is -2.19. The predicted octanol–water partition coefficient (Wildman–Crippen LogP) is 2.84. The number of aromatic carboxylic acids is 1. The van der Waals surface area contributed by atoms with Gasteiger partial charge in [0.15, 0.2) is 0 Å². The van der Waals surface area contributed by atoms with Crippen molar-refractivity contribution >= 4 is 11.9 Å². The van der Waals surface area contributed by atoms with Gasteiger partial charge >= 0.3 is 5.97 Å². The second kappa shape index (κ2) is 6.66. The van der Waals surface area contributed by atoms with Crippen molar-refractivity contribution in [2.75, 3.05) is 0 Å². The summed E-state index contributed by atoms with van der Waals surface area (Å²) < 4.78 is 1.88. The van der Waals surface area contributed by atoms with Gasteiger partial charge in [-0.05, 0) is 53.7 Å². The molecule has 2 aromatic rings. The lowest BCUT2D eigenvalue weighted by Crippen LogP contribution is -2.28. The van der Waals surface area contributed by atoms with Crippen molar-refractivity contribution in [2.24, 2.45) is 0 Å². The molecule has 1 amide bonds. The van der Waals surface area contributed by atoms with Crippen molar-refractivity contribution in [3.63, 3.8) is 0 Å². The molecule has 134 valence electrons. The van der Waals surface area contributed by atoms with Crippen molar-refractivity contribution in [1.82, 2.24) is 20.1 Å². The third-order valence-electron chi connectivity index (χ3n) is 3.99. The third-order valence-corrected chi connectivity index (χ3v) is 3.99. The van der Waals surface area contributed by atoms with Gasteiger partial charge in [0.05, 0.1) is 28.5 Å². The summed E-state index contributed by atoms with van der Waals surface area (Å²) in [6.07, 6.45) is 1.94. The Balaban J connectivity index is 2.19. The van der Waals surface area contributed by atoms with E-state index in [1.54, 1.807) is 6.92 Å². The standard InChI is InChI=1S/C18H24N4O3/c1-10-13(17(24)25)7-8-15(19-10)16(23)20-11(2)14-9-22(18(4,5)6)21-12(14)3/h7-9,11H,1-6H3,(H,20,23)(H,24,25). The Morgan fingerprint density at radius 3 is 2.32 bits per heavy atom. The van der Waals surface area contributed by atoms with Crippen LogP contribution in [-0.4, -0.2) is 31.7 Å². The quantitative estimate of drug-likeness (QED) is 0.889. The van der Waals surface area contributed by atoms with Crippen LogP contribution in [0.1, 0.15) is 71.5 Å². The number of carboxylic acids is 1. The van der Waals surface area contributed by atoms with Crippen LogP contribution in [0.3, 0.4) is 0 Å². The van der Waals surface area contributed by atoms with Gasteiger partial charge in [-0.15, -0.1) is 0 Å². The van der Waals surface area contributed by atoms with Gasteiger partial charge in [0.25, 0.3) is 5.91 Å². The van der Waals surface area contributed by atoms with Crippen molar-refractivity contribution in [1.29, 1.82) is 0 Å². The normalized spacial score (nSPS) is 12.7. The summed E-state index contributed by atoms with van der Waals surface area (Å²) >= 11 is 0. The summed E-state index contributed by atoms with van der Waals surface area (Å²) in [7, 11) is 0. The average Bonchev–Trinajstić information content (AvgIpc) is 2.88. The molecule has 0 fully saturated rings. The van der Waals surface area contributed by atoms with E-state index in [4.69, 9.17) is 5.11 Å². The maximum atomic E-state index is 12.4. The number of pyridine rings is 1. The minimum atomic E-state index is -1.06. The van der Waals surface area contributed by atoms with Crippen molar-refractivity contribution < 1.29 is 14.7 Å². The third kappa shape index (κ3) is 4.04. The molecular formula is C18H24N4O3. The lowest BCUT2D eigenvalue weighted by atomic mass is 10.1. The molecule has 0 aliphatic heterocycles. The zero-order chi connectivity index (χ0) is 18.9. The van der Waals surface area contributed by atoms with E-state index in [-0.39, 0.29) is 28.7 Å². The molecule has 7 nitrogen and oxygen atoms in total. The maximum Gasteiger partial charge on any atom is 0.337 e. The van der Waals surface area contributed by atoms with Gasteiger partial charge in [0.2, 0.25) is 0 Å². The highest BCUT2D eigenvalue weighted by Gasteiger charge is 2.21. The van der Waals surface area contributed by atoms with Crippen LogP contribution < -0.4 is 5.32 Å². The minimum absolute atomic E-state index is 0.0897. The highest BCUT2D eigenvalue weighted by molar-refractivity contribution is 5.94. The molecule has 0 aliphatic carbocycles. The first-order valence-electron chi connectivity index (χ1n) is 8.09. The van der Waals surface area contributed by atoms with Gasteiger partial charge in [-0.3, -0.25) is 9.48 Å². The Morgan fingerprint density at radius 1 is 1.20 bits per heavy atom. The van der Waals surface area contributed by atoms with E-state index in [1.807, 2.05) is 24.7 Å². The summed E-state index contributed by atoms with van der Waals surface area (Å²) in [4.78, 5) is 27.6. The van der Waals surface area contributed by atoms with Crippen LogP contribution in [0.15, 0.2) is 18.3 Å². The molecule has 25 heavy (non-hydrogen) atoms. The first-order chi connectivity index (χ1) is 11.5. The molecule has 0 aromatic carbocycles. The monoisotopic (exact) mass is 344 g/mol. The van der Waals surface area contributed by atoms with E-state index in [2.05, 4.69) is 36.2 Å². The largest absolute Gasteiger partial charge is 0.478 e. The number of hydrogen-bond donors (Lipinski definition) is 2. The highest BCUT2D eigenvalue weighted by atomic mass is 16.4. The molecule has 1 atom stereocenters. The Labute approximate surface area is 147 Å². The molecule has 0 aliphatic rings. The number of aromatic nitrogens is 3. The first-order valence-corrected chi connectivity index (χ1v) is 8.09. The second-order valence-corrected chi connectivity index (χ2v) is 7.12. The molecule has 0 spiro atoms. The Bertz CT molecular complexity index is 818. The van der Waals surface area contributed by atoms with E-state index in [1.165, 1.54) is 12.1 Å². The number of hydrogen-bond acceptors (Lipinski definition) is 4. The summed E-state index contributed by atoms with van der Waals surface area (Å²) in [5, 5.41) is 16.4. The van der Waals surface area contributed by atoms with Crippen LogP contribution >= 0.6 is 0 Å². The number of nitrogens with zero attached hydrogens (tertiary/aromatic N) is 3. The summed E-state index contributed by atoms with van der Waals surface area (Å²) in [6, 6.07) is 2.57. The van der Waals surface area contributed by atoms with Crippen LogP contribution in [0.25, 0.3) is 0 Å². The minimum Gasteiger partial charge on any atom is -0.478 e. The van der Waals surface area contributed by atoms with Crippen molar-refractivity contribution in [3.8, 4) is 0 Å². The van der Waals surface area contributed by atoms with E-state index < -0.39 is 5.97 Å². The van der Waals surface area contributed by atoms with Crippen molar-refractivity contribution in [2.45, 2.75) is 53.1 Å². The molecule has 0 radical (unpaired) electrons. The topological polar surface area (TPSA) is 97.1 Å². The highest BCUT2D eigenvalue weighted by Crippen LogP contribution is 2.21. The fourth-order valence-corrected chi connectivity index (χ4v) is 2.50. The smallest absolute Gasteiger partial charge is 0.337 e. The maximum absolute atomic E-state index is 12.4. The van der Waals surface area contributed by atoms with Gasteiger partial charge in [-0.25, -0.2) is 9.78 Å². The fourth-order valence-electron chi connectivity index (χ4n) is 2.50. The SMILES string of the molecule is Cc1nc(C(=O)NC(C)c2cn(C(C)(C)C)nc2C)ccc1C(=O)O. The second-order valence-electron chi connectivity index (χ2n) is 7.12. The molecule has 0 saturated heterocycles. The zero-order valence-corrected chi connectivity index (χ0v) is 15.4. The zero-order valence-electron chi connectivity index (χ0n) is 15.4. The van der Waals surface area contributed by atoms with Crippen LogP contribution in [0, 0.1) is 13.8 Å². The number of carbonyl (C=O) groups is 2. The molecule has 0 saturated carbocycles. The van der Waals surface area contributed by atoms with Crippen LogP contribution in [0.2, 0.25) is 0 Å². The molecule has 2 rings (SSSR count). The molecule has 7 heteroatoms. The van der Waals surface area contributed by atoms with Gasteiger partial charge in [-0.1, -0.05) is 0 Å². The number of carbonyl (C=O) groups excluding carboxylic acids is 1. The van der Waals surface area contributed by atoms with E-state index in [9.17, 15) is 9.59 Å². The van der Waals surface area contributed by atoms with Crippen LogP contribution in [0.4, 0.5) is 0 Å². The molecule has 1 unspecified atom stereocenters. The van der Waals surface area contributed by atoms with Gasteiger partial charge in [-0.2, -0.15) is 5.10 Å². The van der Waals surface area contributed by atoms with E-state index >= 15 is 0 Å². The molecule has 2 heterocycles. The number of amides is 1. The summed E-state index contributed by atoms with van der Waals surface area (Å²) in [5.41, 5.74) is 2.24. The number of aryl methyl sites for hydroxylation is 2. The van der Waals surface area contributed by atoms with Crippen molar-refractivity contribution in [3.05, 3.63) is 46.5 Å².